The minimum Gasteiger partial charge on any atom is -0.383 e. The monoisotopic (exact) mass is 273 g/mol. The van der Waals surface area contributed by atoms with Crippen LogP contribution in [-0.4, -0.2) is 9.97 Å². The highest BCUT2D eigenvalue weighted by molar-refractivity contribution is 6.30. The summed E-state index contributed by atoms with van der Waals surface area (Å²) in [5.41, 5.74) is 7.33. The van der Waals surface area contributed by atoms with Gasteiger partial charge in [-0.2, -0.15) is 0 Å². The number of nitrogens with zero attached hydrogens (tertiary/aromatic N) is 2. The molecule has 0 bridgehead atoms. The van der Waals surface area contributed by atoms with Gasteiger partial charge in [0.05, 0.1) is 0 Å². The Bertz CT molecular complexity index is 774. The van der Waals surface area contributed by atoms with E-state index in [0.717, 1.165) is 5.39 Å². The number of halogens is 2. The molecule has 0 aliphatic carbocycles. The summed E-state index contributed by atoms with van der Waals surface area (Å²) in [5, 5.41) is 1.15. The van der Waals surface area contributed by atoms with Crippen molar-refractivity contribution >= 4 is 28.5 Å². The Balaban J connectivity index is 2.27. The molecule has 3 nitrogen and oxygen atoms in total. The molecule has 5 heteroatoms. The number of aromatic nitrogens is 2. The number of rotatable bonds is 1. The molecule has 0 amide bonds. The summed E-state index contributed by atoms with van der Waals surface area (Å²) in [4.78, 5) is 8.29. The van der Waals surface area contributed by atoms with Crippen molar-refractivity contribution in [3.63, 3.8) is 0 Å². The molecule has 0 saturated carbocycles. The second-order valence-electron chi connectivity index (χ2n) is 4.10. The van der Waals surface area contributed by atoms with Crippen molar-refractivity contribution in [1.29, 1.82) is 0 Å². The Morgan fingerprint density at radius 1 is 1.11 bits per heavy atom. The molecule has 0 radical (unpaired) electrons. The molecular weight excluding hydrogens is 265 g/mol. The molecule has 2 aromatic heterocycles. The minimum absolute atomic E-state index is 0.243. The lowest BCUT2D eigenvalue weighted by molar-refractivity contribution is 0.631. The number of benzene rings is 1. The average molecular weight is 274 g/mol. The van der Waals surface area contributed by atoms with E-state index in [9.17, 15) is 4.39 Å². The third kappa shape index (κ3) is 2.11. The minimum atomic E-state index is -0.427. The quantitative estimate of drug-likeness (QED) is 0.736. The number of fused-ring (bicyclic) bond motifs is 1. The maximum absolute atomic E-state index is 13.9. The van der Waals surface area contributed by atoms with E-state index >= 15 is 0 Å². The van der Waals surface area contributed by atoms with Crippen LogP contribution in [0.5, 0.6) is 0 Å². The first kappa shape index (κ1) is 11.9. The van der Waals surface area contributed by atoms with Gasteiger partial charge in [0, 0.05) is 27.7 Å². The summed E-state index contributed by atoms with van der Waals surface area (Å²) in [6.07, 6.45) is 1.64. The zero-order valence-electron chi connectivity index (χ0n) is 9.77. The van der Waals surface area contributed by atoms with Gasteiger partial charge in [-0.15, -0.1) is 0 Å². The molecule has 3 aromatic rings. The highest BCUT2D eigenvalue weighted by atomic mass is 35.5. The Kier molecular flexibility index (Phi) is 2.80. The molecule has 0 unspecified atom stereocenters. The molecule has 0 aliphatic heterocycles. The predicted molar refractivity (Wildman–Crippen MR) is 74.4 cm³/mol. The van der Waals surface area contributed by atoms with Crippen LogP contribution in [0, 0.1) is 5.82 Å². The second-order valence-corrected chi connectivity index (χ2v) is 4.53. The molecule has 0 atom stereocenters. The normalized spacial score (nSPS) is 10.8. The van der Waals surface area contributed by atoms with E-state index < -0.39 is 5.82 Å². The standard InChI is InChI=1S/C14H9ClFN3/c15-9-3-4-10(12(16)7-9)11-6-8-2-1-5-18-14(8)19-13(11)17/h1-7H,(H2,17,18,19). The Morgan fingerprint density at radius 2 is 1.95 bits per heavy atom. The van der Waals surface area contributed by atoms with Gasteiger partial charge in [0.25, 0.3) is 0 Å². The van der Waals surface area contributed by atoms with Crippen molar-refractivity contribution in [3.8, 4) is 11.1 Å². The first-order valence-corrected chi connectivity index (χ1v) is 5.99. The number of hydrogen-bond donors (Lipinski definition) is 1. The molecular formula is C14H9ClFN3. The zero-order valence-corrected chi connectivity index (χ0v) is 10.5. The number of hydrogen-bond acceptors (Lipinski definition) is 3. The summed E-state index contributed by atoms with van der Waals surface area (Å²) in [6.45, 7) is 0. The Morgan fingerprint density at radius 3 is 2.74 bits per heavy atom. The van der Waals surface area contributed by atoms with Crippen molar-refractivity contribution in [2.24, 2.45) is 0 Å². The number of pyridine rings is 2. The molecule has 1 aromatic carbocycles. The predicted octanol–water partition coefficient (Wildman–Crippen LogP) is 3.67. The summed E-state index contributed by atoms with van der Waals surface area (Å²) in [5.74, 6) is -0.184. The molecule has 3 rings (SSSR count). The van der Waals surface area contributed by atoms with E-state index in [0.29, 0.717) is 21.8 Å². The lowest BCUT2D eigenvalue weighted by Crippen LogP contribution is -1.97. The van der Waals surface area contributed by atoms with Crippen LogP contribution in [0.4, 0.5) is 10.2 Å². The average Bonchev–Trinajstić information content (AvgIpc) is 2.38. The summed E-state index contributed by atoms with van der Waals surface area (Å²) in [7, 11) is 0. The third-order valence-corrected chi connectivity index (χ3v) is 3.08. The third-order valence-electron chi connectivity index (χ3n) is 2.84. The van der Waals surface area contributed by atoms with E-state index in [1.807, 2.05) is 6.07 Å². The van der Waals surface area contributed by atoms with Gasteiger partial charge in [0.1, 0.15) is 11.6 Å². The van der Waals surface area contributed by atoms with Crippen LogP contribution in [-0.2, 0) is 0 Å². The van der Waals surface area contributed by atoms with Crippen LogP contribution in [0.2, 0.25) is 5.02 Å². The van der Waals surface area contributed by atoms with Crippen molar-refractivity contribution in [3.05, 3.63) is 53.4 Å². The highest BCUT2D eigenvalue weighted by Gasteiger charge is 2.11. The maximum Gasteiger partial charge on any atom is 0.161 e. The van der Waals surface area contributed by atoms with Gasteiger partial charge in [0.15, 0.2) is 5.65 Å². The fourth-order valence-corrected chi connectivity index (χ4v) is 2.10. The zero-order chi connectivity index (χ0) is 13.4. The van der Waals surface area contributed by atoms with Gasteiger partial charge in [-0.1, -0.05) is 11.6 Å². The van der Waals surface area contributed by atoms with Crippen LogP contribution in [0.15, 0.2) is 42.6 Å². The van der Waals surface area contributed by atoms with Crippen LogP contribution < -0.4 is 5.73 Å². The second kappa shape index (κ2) is 4.48. The Hall–Kier alpha value is -2.20. The topological polar surface area (TPSA) is 51.8 Å². The van der Waals surface area contributed by atoms with Crippen molar-refractivity contribution < 1.29 is 4.39 Å². The molecule has 0 fully saturated rings. The molecule has 0 saturated heterocycles. The molecule has 19 heavy (non-hydrogen) atoms. The van der Waals surface area contributed by atoms with Crippen LogP contribution in [0.25, 0.3) is 22.2 Å². The summed E-state index contributed by atoms with van der Waals surface area (Å²) < 4.78 is 13.9. The van der Waals surface area contributed by atoms with Crippen molar-refractivity contribution in [1.82, 2.24) is 9.97 Å². The smallest absolute Gasteiger partial charge is 0.161 e. The van der Waals surface area contributed by atoms with E-state index in [1.54, 1.807) is 30.5 Å². The van der Waals surface area contributed by atoms with E-state index in [4.69, 9.17) is 17.3 Å². The van der Waals surface area contributed by atoms with Gasteiger partial charge in [-0.05, 0) is 36.4 Å². The van der Waals surface area contributed by atoms with Gasteiger partial charge in [0.2, 0.25) is 0 Å². The molecule has 2 heterocycles. The number of nitrogen functional groups attached to an aromatic ring is 1. The van der Waals surface area contributed by atoms with Gasteiger partial charge in [-0.25, -0.2) is 14.4 Å². The molecule has 2 N–H and O–H groups in total. The highest BCUT2D eigenvalue weighted by Crippen LogP contribution is 2.30. The first-order chi connectivity index (χ1) is 9.15. The largest absolute Gasteiger partial charge is 0.383 e. The first-order valence-electron chi connectivity index (χ1n) is 5.62. The van der Waals surface area contributed by atoms with E-state index in [-0.39, 0.29) is 5.82 Å². The van der Waals surface area contributed by atoms with Crippen LogP contribution in [0.1, 0.15) is 0 Å². The van der Waals surface area contributed by atoms with Crippen LogP contribution >= 0.6 is 11.6 Å². The summed E-state index contributed by atoms with van der Waals surface area (Å²) >= 11 is 5.74. The van der Waals surface area contributed by atoms with Gasteiger partial charge in [-0.3, -0.25) is 0 Å². The lowest BCUT2D eigenvalue weighted by atomic mass is 10.0. The van der Waals surface area contributed by atoms with Crippen molar-refractivity contribution in [2.45, 2.75) is 0 Å². The Labute approximate surface area is 113 Å². The molecule has 0 spiro atoms. The molecule has 0 aliphatic rings. The van der Waals surface area contributed by atoms with E-state index in [1.165, 1.54) is 6.07 Å². The lowest BCUT2D eigenvalue weighted by Gasteiger charge is -2.08. The fourth-order valence-electron chi connectivity index (χ4n) is 1.94. The number of anilines is 1. The van der Waals surface area contributed by atoms with Crippen LogP contribution in [0.3, 0.4) is 0 Å². The van der Waals surface area contributed by atoms with Crippen molar-refractivity contribution in [2.75, 3.05) is 5.73 Å². The number of nitrogens with two attached hydrogens (primary N) is 1. The molecule has 94 valence electrons. The summed E-state index contributed by atoms with van der Waals surface area (Å²) in [6, 6.07) is 9.88. The van der Waals surface area contributed by atoms with Gasteiger partial charge < -0.3 is 5.73 Å². The fraction of sp³-hybridized carbons (Fsp3) is 0. The maximum atomic E-state index is 13.9. The van der Waals surface area contributed by atoms with E-state index in [2.05, 4.69) is 9.97 Å². The SMILES string of the molecule is Nc1nc2ncccc2cc1-c1ccc(Cl)cc1F. The van der Waals surface area contributed by atoms with Gasteiger partial charge >= 0.3 is 0 Å².